The van der Waals surface area contributed by atoms with Crippen LogP contribution < -0.4 is 40.0 Å². The summed E-state index contributed by atoms with van der Waals surface area (Å²) in [6, 6.07) is 50.8. The first kappa shape index (κ1) is 39.0. The average Bonchev–Trinajstić information content (AvgIpc) is 3.24. The van der Waals surface area contributed by atoms with Crippen molar-refractivity contribution in [2.24, 2.45) is 0 Å². The molecule has 0 aliphatic carbocycles. The van der Waals surface area contributed by atoms with Gasteiger partial charge in [-0.1, -0.05) is 0 Å². The molecule has 57 heavy (non-hydrogen) atoms. The number of hydrogen-bond donors (Lipinski definition) is 2. The normalized spacial score (nSPS) is 12.0. The molecule has 7 heteroatoms. The number of methoxy groups -OCH3 is 3. The topological polar surface area (TPSA) is 77.4 Å². The van der Waals surface area contributed by atoms with Crippen molar-refractivity contribution < 1.29 is 28.9 Å². The van der Waals surface area contributed by atoms with E-state index in [4.69, 9.17) is 18.7 Å². The first-order valence-electron chi connectivity index (χ1n) is 19.0. The molecule has 290 valence electrons. The van der Waals surface area contributed by atoms with E-state index >= 15 is 0 Å². The molecule has 2 N–H and O–H groups in total. The van der Waals surface area contributed by atoms with E-state index in [0.29, 0.717) is 18.6 Å². The van der Waals surface area contributed by atoms with Crippen molar-refractivity contribution in [1.82, 2.24) is 0 Å². The first-order valence-corrected chi connectivity index (χ1v) is 21.1. The molecule has 0 bridgehead atoms. The molecule has 0 aliphatic heterocycles. The minimum atomic E-state index is -4.41. The van der Waals surface area contributed by atoms with Crippen LogP contribution in [0.25, 0.3) is 0 Å². The second-order valence-electron chi connectivity index (χ2n) is 14.6. The summed E-state index contributed by atoms with van der Waals surface area (Å²) in [5.74, 6) is 3.25. The van der Waals surface area contributed by atoms with E-state index in [1.165, 1.54) is 0 Å². The maximum atomic E-state index is 11.3. The molecule has 0 aliphatic rings. The van der Waals surface area contributed by atoms with Crippen LogP contribution in [0, 0.1) is 20.8 Å². The van der Waals surface area contributed by atoms with E-state index in [-0.39, 0.29) is 11.5 Å². The van der Waals surface area contributed by atoms with Crippen molar-refractivity contribution >= 4 is 28.0 Å². The zero-order chi connectivity index (χ0) is 40.2. The van der Waals surface area contributed by atoms with Crippen LogP contribution in [-0.2, 0) is 12.8 Å². The van der Waals surface area contributed by atoms with Crippen LogP contribution in [0.2, 0.25) is 0 Å². The van der Waals surface area contributed by atoms with Gasteiger partial charge in [-0.05, 0) is 0 Å². The Morgan fingerprint density at radius 2 is 0.754 bits per heavy atom. The van der Waals surface area contributed by atoms with Gasteiger partial charge in [0.1, 0.15) is 0 Å². The van der Waals surface area contributed by atoms with Gasteiger partial charge in [0, 0.05) is 0 Å². The van der Waals surface area contributed by atoms with Crippen molar-refractivity contribution in [1.29, 1.82) is 0 Å². The summed E-state index contributed by atoms with van der Waals surface area (Å²) in [5, 5.41) is 26.3. The molecule has 0 radical (unpaired) electrons. The second kappa shape index (κ2) is 16.1. The van der Waals surface area contributed by atoms with Crippen LogP contribution in [0.1, 0.15) is 38.9 Å². The number of aryl methyl sites for hydroxylation is 3. The summed E-state index contributed by atoms with van der Waals surface area (Å²) in [6.07, 6.45) is 0.791. The van der Waals surface area contributed by atoms with Crippen molar-refractivity contribution in [3.05, 3.63) is 191 Å². The monoisotopic (exact) mass is 776 g/mol. The number of benzene rings is 7. The third kappa shape index (κ3) is 7.18. The first-order chi connectivity index (χ1) is 27.6. The quantitative estimate of drug-likeness (QED) is 0.114. The van der Waals surface area contributed by atoms with Crippen molar-refractivity contribution in [3.8, 4) is 34.5 Å². The summed E-state index contributed by atoms with van der Waals surface area (Å²) >= 11 is 0. The molecule has 0 aromatic heterocycles. The molecule has 7 aromatic rings. The summed E-state index contributed by atoms with van der Waals surface area (Å²) in [6.45, 7) is 1.73. The summed E-state index contributed by atoms with van der Waals surface area (Å²) in [4.78, 5) is 0. The zero-order valence-corrected chi connectivity index (χ0v) is 34.2. The molecule has 0 atom stereocenters. The van der Waals surface area contributed by atoms with Gasteiger partial charge in [-0.25, -0.2) is 0 Å². The Kier molecular flexibility index (Phi) is 11.0. The molecule has 6 nitrogen and oxygen atoms in total. The molecule has 0 saturated heterocycles. The van der Waals surface area contributed by atoms with E-state index in [1.54, 1.807) is 33.5 Å². The Labute approximate surface area is 335 Å². The van der Waals surface area contributed by atoms with Gasteiger partial charge in [-0.15, -0.1) is 0 Å². The van der Waals surface area contributed by atoms with Gasteiger partial charge >= 0.3 is 337 Å². The van der Waals surface area contributed by atoms with Gasteiger partial charge in [0.05, 0.1) is 0 Å². The SMILES string of the molecule is COc1ccc(P(Oc2c(Cc3cc(C)ccc3O)cc(C)cc2Cc2cc(C)ccc2O)(c2ccccc2)(c2ccc(OC)cc2)c2ccc(OC)cc2)cc1. The summed E-state index contributed by atoms with van der Waals surface area (Å²) in [7, 11) is 5.01. The van der Waals surface area contributed by atoms with E-state index in [9.17, 15) is 10.2 Å². The second-order valence-corrected chi connectivity index (χ2v) is 18.9. The van der Waals surface area contributed by atoms with Crippen molar-refractivity contribution in [2.75, 3.05) is 21.3 Å². The molecular weight excluding hydrogens is 728 g/mol. The van der Waals surface area contributed by atoms with E-state index < -0.39 is 6.83 Å². The number of phenols is 2. The van der Waals surface area contributed by atoms with Gasteiger partial charge in [-0.3, -0.25) is 0 Å². The third-order valence-electron chi connectivity index (χ3n) is 10.8. The van der Waals surface area contributed by atoms with Crippen LogP contribution in [0.15, 0.2) is 152 Å². The maximum absolute atomic E-state index is 11.3. The van der Waals surface area contributed by atoms with Crippen LogP contribution in [-0.4, -0.2) is 31.5 Å². The van der Waals surface area contributed by atoms with Crippen LogP contribution in [0.3, 0.4) is 0 Å². The van der Waals surface area contributed by atoms with Gasteiger partial charge in [0.15, 0.2) is 0 Å². The van der Waals surface area contributed by atoms with E-state index in [0.717, 1.165) is 77.4 Å². The number of rotatable bonds is 13. The number of hydrogen-bond acceptors (Lipinski definition) is 6. The molecule has 7 rings (SSSR count). The van der Waals surface area contributed by atoms with Gasteiger partial charge in [0.25, 0.3) is 0 Å². The molecule has 0 heterocycles. The molecule has 7 aromatic carbocycles. The van der Waals surface area contributed by atoms with E-state index in [1.807, 2.05) is 80.6 Å². The fourth-order valence-corrected chi connectivity index (χ4v) is 13.7. The fourth-order valence-electron chi connectivity index (χ4n) is 8.03. The molecule has 0 unspecified atom stereocenters. The molecule has 0 spiro atoms. The molecule has 0 fully saturated rings. The third-order valence-corrected chi connectivity index (χ3v) is 16.5. The Morgan fingerprint density at radius 3 is 1.12 bits per heavy atom. The van der Waals surface area contributed by atoms with Crippen LogP contribution in [0.5, 0.6) is 34.5 Å². The number of aromatic hydroxyl groups is 2. The summed E-state index contributed by atoms with van der Waals surface area (Å²) in [5.41, 5.74) is 6.49. The van der Waals surface area contributed by atoms with Gasteiger partial charge < -0.3 is 0 Å². The number of ether oxygens (including phenoxy) is 3. The Balaban J connectivity index is 1.67. The fraction of sp³-hybridized carbons (Fsp3) is 0.160. The van der Waals surface area contributed by atoms with Crippen LogP contribution in [0.4, 0.5) is 0 Å². The van der Waals surface area contributed by atoms with Gasteiger partial charge in [-0.2, -0.15) is 0 Å². The van der Waals surface area contributed by atoms with Crippen molar-refractivity contribution in [3.63, 3.8) is 0 Å². The van der Waals surface area contributed by atoms with E-state index in [2.05, 4.69) is 79.7 Å². The minimum absolute atomic E-state index is 0.215. The predicted octanol–water partition coefficient (Wildman–Crippen LogP) is 9.38. The average molecular weight is 777 g/mol. The Bertz CT molecular complexity index is 2300. The standard InChI is InChI=1S/C50H49O6P/c1-34-12-26-48(51)37(28-34)32-39-30-36(3)31-40(33-38-29-35(2)13-27-49(38)52)50(39)56-57(44-10-8-7-9-11-44,45-20-14-41(53-4)15-21-45,46-22-16-42(54-5)17-23-46)47-24-18-43(55-6)19-25-47/h7-31,51-52H,32-33H2,1-6H3. The summed E-state index contributed by atoms with van der Waals surface area (Å²) < 4.78 is 25.6. The Hall–Kier alpha value is -6.23. The molecular formula is C50H49O6P. The van der Waals surface area contributed by atoms with Crippen molar-refractivity contribution in [2.45, 2.75) is 33.6 Å². The van der Waals surface area contributed by atoms with Crippen LogP contribution >= 0.6 is 6.83 Å². The van der Waals surface area contributed by atoms with Gasteiger partial charge in [0.2, 0.25) is 0 Å². The zero-order valence-electron chi connectivity index (χ0n) is 33.3. The Morgan fingerprint density at radius 1 is 0.404 bits per heavy atom. The number of phenolic OH excluding ortho intramolecular Hbond substituents is 2. The molecule has 0 amide bonds. The molecule has 0 saturated carbocycles. The predicted molar refractivity (Wildman–Crippen MR) is 234 cm³/mol.